The molecule has 2 aliphatic heterocycles. The Morgan fingerprint density at radius 2 is 2.00 bits per heavy atom. The summed E-state index contributed by atoms with van der Waals surface area (Å²) in [5.74, 6) is 0.181. The summed E-state index contributed by atoms with van der Waals surface area (Å²) in [5.41, 5.74) is 0. The van der Waals surface area contributed by atoms with Crippen LogP contribution >= 0.6 is 0 Å². The Kier molecular flexibility index (Phi) is 6.89. The Hall–Kier alpha value is -0.690. The number of nitrogens with one attached hydrogen (secondary N) is 1. The zero-order valence-corrected chi connectivity index (χ0v) is 13.3. The molecule has 2 saturated heterocycles. The van der Waals surface area contributed by atoms with Gasteiger partial charge in [0.25, 0.3) is 0 Å². The predicted molar refractivity (Wildman–Crippen MR) is 83.2 cm³/mol. The third kappa shape index (κ3) is 5.21. The van der Waals surface area contributed by atoms with Crippen molar-refractivity contribution in [1.82, 2.24) is 20.0 Å². The van der Waals surface area contributed by atoms with Gasteiger partial charge in [-0.1, -0.05) is 0 Å². The van der Waals surface area contributed by atoms with Crippen LogP contribution in [0.2, 0.25) is 0 Å². The van der Waals surface area contributed by atoms with E-state index in [-0.39, 0.29) is 12.5 Å². The molecule has 0 aromatic carbocycles. The molecule has 2 N–H and O–H groups in total. The van der Waals surface area contributed by atoms with Crippen molar-refractivity contribution in [3.8, 4) is 0 Å². The first-order valence-electron chi connectivity index (χ1n) is 8.22. The van der Waals surface area contributed by atoms with Gasteiger partial charge in [0.15, 0.2) is 0 Å². The zero-order chi connectivity index (χ0) is 15.1. The fourth-order valence-electron chi connectivity index (χ4n) is 3.27. The summed E-state index contributed by atoms with van der Waals surface area (Å²) in [4.78, 5) is 19.1. The molecule has 0 bridgehead atoms. The summed E-state index contributed by atoms with van der Waals surface area (Å²) in [6.45, 7) is 7.01. The van der Waals surface area contributed by atoms with Crippen molar-refractivity contribution in [3.63, 3.8) is 0 Å². The topological polar surface area (TPSA) is 59.1 Å². The van der Waals surface area contributed by atoms with Crippen LogP contribution in [0.1, 0.15) is 19.3 Å². The van der Waals surface area contributed by atoms with Gasteiger partial charge in [0, 0.05) is 25.7 Å². The van der Waals surface area contributed by atoms with Gasteiger partial charge in [-0.2, -0.15) is 0 Å². The molecule has 0 unspecified atom stereocenters. The molecule has 2 aliphatic rings. The van der Waals surface area contributed by atoms with E-state index in [0.29, 0.717) is 19.1 Å². The summed E-state index contributed by atoms with van der Waals surface area (Å²) >= 11 is 0. The lowest BCUT2D eigenvalue weighted by atomic mass is 10.0. The number of carbonyl (C=O) groups excluding carboxylic acids is 1. The van der Waals surface area contributed by atoms with Gasteiger partial charge in [-0.3, -0.25) is 9.69 Å². The maximum absolute atomic E-state index is 12.6. The van der Waals surface area contributed by atoms with Crippen LogP contribution in [0.5, 0.6) is 0 Å². The Bertz CT molecular complexity index is 311. The first-order chi connectivity index (χ1) is 10.2. The molecule has 6 heteroatoms. The number of aliphatic hydroxyl groups excluding tert-OH is 1. The normalized spacial score (nSPS) is 23.0. The molecule has 0 atom stereocenters. The maximum Gasteiger partial charge on any atom is 0.237 e. The minimum Gasteiger partial charge on any atom is -0.395 e. The van der Waals surface area contributed by atoms with E-state index in [4.69, 9.17) is 0 Å². The van der Waals surface area contributed by atoms with Crippen LogP contribution in [-0.2, 0) is 4.79 Å². The number of amides is 1. The number of rotatable bonds is 5. The molecule has 0 aliphatic carbocycles. The van der Waals surface area contributed by atoms with Crippen LogP contribution in [-0.4, -0.2) is 97.8 Å². The summed E-state index contributed by atoms with van der Waals surface area (Å²) in [5, 5.41) is 12.7. The van der Waals surface area contributed by atoms with Crippen molar-refractivity contribution in [2.24, 2.45) is 0 Å². The lowest BCUT2D eigenvalue weighted by Gasteiger charge is -2.38. The Morgan fingerprint density at radius 3 is 2.71 bits per heavy atom. The van der Waals surface area contributed by atoms with Crippen molar-refractivity contribution >= 4 is 5.91 Å². The van der Waals surface area contributed by atoms with Gasteiger partial charge in [-0.15, -0.1) is 0 Å². The summed E-state index contributed by atoms with van der Waals surface area (Å²) < 4.78 is 0. The van der Waals surface area contributed by atoms with Crippen molar-refractivity contribution in [3.05, 3.63) is 0 Å². The standard InChI is InChI=1S/C15H30N4O2/c1-17-8-3-14(4-9-17)19(11-12-20)15(21)13-18-7-2-5-16-6-10-18/h14,16,20H,2-13H2,1H3. The second-order valence-electron chi connectivity index (χ2n) is 6.22. The summed E-state index contributed by atoms with van der Waals surface area (Å²) in [7, 11) is 2.12. The van der Waals surface area contributed by atoms with E-state index >= 15 is 0 Å². The Morgan fingerprint density at radius 1 is 1.24 bits per heavy atom. The third-order valence-corrected chi connectivity index (χ3v) is 4.58. The number of likely N-dealkylation sites (tertiary alicyclic amines) is 1. The molecule has 1 amide bonds. The van der Waals surface area contributed by atoms with Gasteiger partial charge in [-0.05, 0) is 52.5 Å². The van der Waals surface area contributed by atoms with Crippen molar-refractivity contribution < 1.29 is 9.90 Å². The van der Waals surface area contributed by atoms with Crippen LogP contribution in [0.15, 0.2) is 0 Å². The van der Waals surface area contributed by atoms with Gasteiger partial charge >= 0.3 is 0 Å². The number of aliphatic hydroxyl groups is 1. The number of hydrogen-bond acceptors (Lipinski definition) is 5. The highest BCUT2D eigenvalue weighted by Crippen LogP contribution is 2.16. The smallest absolute Gasteiger partial charge is 0.237 e. The van der Waals surface area contributed by atoms with Crippen molar-refractivity contribution in [2.75, 3.05) is 66.0 Å². The van der Waals surface area contributed by atoms with Crippen LogP contribution in [0.4, 0.5) is 0 Å². The molecule has 6 nitrogen and oxygen atoms in total. The third-order valence-electron chi connectivity index (χ3n) is 4.58. The molecule has 0 aromatic heterocycles. The van der Waals surface area contributed by atoms with Gasteiger partial charge in [0.2, 0.25) is 5.91 Å². The van der Waals surface area contributed by atoms with E-state index in [1.54, 1.807) is 0 Å². The van der Waals surface area contributed by atoms with E-state index in [1.807, 2.05) is 4.90 Å². The van der Waals surface area contributed by atoms with E-state index in [1.165, 1.54) is 0 Å². The highest BCUT2D eigenvalue weighted by Gasteiger charge is 2.27. The second kappa shape index (κ2) is 8.68. The molecule has 0 spiro atoms. The lowest BCUT2D eigenvalue weighted by molar-refractivity contribution is -0.136. The number of piperidine rings is 1. The van der Waals surface area contributed by atoms with Gasteiger partial charge in [-0.25, -0.2) is 0 Å². The molecule has 0 saturated carbocycles. The SMILES string of the molecule is CN1CCC(N(CCO)C(=O)CN2CCCNCC2)CC1. The molecule has 21 heavy (non-hydrogen) atoms. The van der Waals surface area contributed by atoms with Crippen LogP contribution in [0, 0.1) is 0 Å². The molecule has 122 valence electrons. The largest absolute Gasteiger partial charge is 0.395 e. The highest BCUT2D eigenvalue weighted by molar-refractivity contribution is 5.78. The summed E-state index contributed by atoms with van der Waals surface area (Å²) in [6, 6.07) is 0.297. The fourth-order valence-corrected chi connectivity index (χ4v) is 3.27. The van der Waals surface area contributed by atoms with E-state index in [0.717, 1.165) is 58.5 Å². The number of hydrogen-bond donors (Lipinski definition) is 2. The monoisotopic (exact) mass is 298 g/mol. The molecule has 2 heterocycles. The summed E-state index contributed by atoms with van der Waals surface area (Å²) in [6.07, 6.45) is 3.13. The molecule has 0 radical (unpaired) electrons. The van der Waals surface area contributed by atoms with Crippen molar-refractivity contribution in [2.45, 2.75) is 25.3 Å². The molecule has 2 rings (SSSR count). The van der Waals surface area contributed by atoms with E-state index in [2.05, 4.69) is 22.2 Å². The average molecular weight is 298 g/mol. The minimum atomic E-state index is 0.0552. The minimum absolute atomic E-state index is 0.0552. The maximum atomic E-state index is 12.6. The van der Waals surface area contributed by atoms with Crippen LogP contribution in [0.3, 0.4) is 0 Å². The number of nitrogens with zero attached hydrogens (tertiary/aromatic N) is 3. The first kappa shape index (κ1) is 16.7. The van der Waals surface area contributed by atoms with Crippen LogP contribution < -0.4 is 5.32 Å². The Balaban J connectivity index is 1.88. The lowest BCUT2D eigenvalue weighted by Crippen LogP contribution is -2.50. The highest BCUT2D eigenvalue weighted by atomic mass is 16.3. The van der Waals surface area contributed by atoms with Gasteiger partial charge in [0.1, 0.15) is 0 Å². The number of carbonyl (C=O) groups is 1. The molecular formula is C15H30N4O2. The fraction of sp³-hybridized carbons (Fsp3) is 0.933. The molecule has 2 fully saturated rings. The second-order valence-corrected chi connectivity index (χ2v) is 6.22. The molecule has 0 aromatic rings. The molecular weight excluding hydrogens is 268 g/mol. The quantitative estimate of drug-likeness (QED) is 0.696. The van der Waals surface area contributed by atoms with Gasteiger partial charge < -0.3 is 20.2 Å². The first-order valence-corrected chi connectivity index (χ1v) is 8.22. The van der Waals surface area contributed by atoms with Gasteiger partial charge in [0.05, 0.1) is 13.2 Å². The zero-order valence-electron chi connectivity index (χ0n) is 13.3. The van der Waals surface area contributed by atoms with Crippen LogP contribution in [0.25, 0.3) is 0 Å². The predicted octanol–water partition coefficient (Wildman–Crippen LogP) is -0.803. The van der Waals surface area contributed by atoms with E-state index in [9.17, 15) is 9.90 Å². The van der Waals surface area contributed by atoms with Crippen molar-refractivity contribution in [1.29, 1.82) is 0 Å². The Labute approximate surface area is 128 Å². The average Bonchev–Trinajstić information content (AvgIpc) is 2.74. The van der Waals surface area contributed by atoms with E-state index < -0.39 is 0 Å².